The van der Waals surface area contributed by atoms with Gasteiger partial charge in [0.15, 0.2) is 5.82 Å². The van der Waals surface area contributed by atoms with Gasteiger partial charge in [-0.1, -0.05) is 18.2 Å². The fourth-order valence-corrected chi connectivity index (χ4v) is 4.04. The van der Waals surface area contributed by atoms with Crippen LogP contribution in [0.4, 0.5) is 18.9 Å². The van der Waals surface area contributed by atoms with Crippen molar-refractivity contribution in [2.24, 2.45) is 5.14 Å². The van der Waals surface area contributed by atoms with Gasteiger partial charge in [-0.3, -0.25) is 4.79 Å². The van der Waals surface area contributed by atoms with Crippen molar-refractivity contribution in [1.29, 1.82) is 0 Å². The maximum atomic E-state index is 13.2. The molecule has 0 bridgehead atoms. The summed E-state index contributed by atoms with van der Waals surface area (Å²) in [5.41, 5.74) is 0.0526. The first-order valence-electron chi connectivity index (χ1n) is 9.81. The number of nitrogens with one attached hydrogen (secondary N) is 1. The lowest BCUT2D eigenvalue weighted by Gasteiger charge is -2.13. The number of sulfonamides is 1. The Kier molecular flexibility index (Phi) is 6.02. The Morgan fingerprint density at radius 2 is 1.74 bits per heavy atom. The van der Waals surface area contributed by atoms with Crippen LogP contribution >= 0.6 is 0 Å². The van der Waals surface area contributed by atoms with Crippen molar-refractivity contribution in [2.45, 2.75) is 11.9 Å². The second-order valence-corrected chi connectivity index (χ2v) is 9.01. The van der Waals surface area contributed by atoms with E-state index in [1.807, 2.05) is 0 Å². The van der Waals surface area contributed by atoms with Gasteiger partial charge in [0, 0.05) is 18.1 Å². The summed E-state index contributed by atoms with van der Waals surface area (Å²) in [6.45, 7) is 0. The second-order valence-electron chi connectivity index (χ2n) is 7.39. The molecule has 2 aromatic heterocycles. The number of hydrogen-bond acceptors (Lipinski definition) is 4. The normalized spacial score (nSPS) is 12.0. The van der Waals surface area contributed by atoms with Crippen molar-refractivity contribution in [2.75, 3.05) is 5.32 Å². The van der Waals surface area contributed by atoms with Crippen LogP contribution in [0.2, 0.25) is 0 Å². The lowest BCUT2D eigenvalue weighted by molar-refractivity contribution is -0.137. The van der Waals surface area contributed by atoms with Crippen LogP contribution in [0.1, 0.15) is 21.5 Å². The second kappa shape index (κ2) is 8.80. The average molecular weight is 489 g/mol. The van der Waals surface area contributed by atoms with Gasteiger partial charge in [-0.15, -0.1) is 0 Å². The molecule has 34 heavy (non-hydrogen) atoms. The first-order valence-corrected chi connectivity index (χ1v) is 11.5. The molecule has 0 atom stereocenters. The molecule has 0 aliphatic rings. The highest BCUT2D eigenvalue weighted by Gasteiger charge is 2.31. The van der Waals surface area contributed by atoms with Crippen molar-refractivity contribution < 1.29 is 26.4 Å². The number of alkyl halides is 3. The number of hydrogen-bond donors (Lipinski definition) is 2. The van der Waals surface area contributed by atoms with E-state index in [-0.39, 0.29) is 17.1 Å². The monoisotopic (exact) mass is 489 g/mol. The molecule has 2 heterocycles. The predicted octanol–water partition coefficient (Wildman–Crippen LogP) is 3.72. The highest BCUT2D eigenvalue weighted by Crippen LogP contribution is 2.31. The third-order valence-corrected chi connectivity index (χ3v) is 5.54. The number of nitrogens with zero attached hydrogens (tertiary/aromatic N) is 3. The first kappa shape index (κ1) is 23.3. The topological polar surface area (TPSA) is 112 Å². The van der Waals surface area contributed by atoms with Crippen LogP contribution in [0.15, 0.2) is 79.3 Å². The van der Waals surface area contributed by atoms with Crippen LogP contribution in [-0.4, -0.2) is 28.7 Å². The third kappa shape index (κ3) is 5.18. The zero-order valence-corrected chi connectivity index (χ0v) is 18.2. The Balaban J connectivity index is 1.72. The molecular weight excluding hydrogens is 471 g/mol. The number of primary sulfonamides is 1. The van der Waals surface area contributed by atoms with Gasteiger partial charge >= 0.3 is 6.18 Å². The summed E-state index contributed by atoms with van der Waals surface area (Å²) in [6.07, 6.45) is -0.0343. The number of carbonyl (C=O) groups is 1. The summed E-state index contributed by atoms with van der Waals surface area (Å²) in [6, 6.07) is 14.1. The van der Waals surface area contributed by atoms with Crippen LogP contribution in [0.25, 0.3) is 11.5 Å². The van der Waals surface area contributed by atoms with E-state index in [2.05, 4.69) is 10.4 Å². The summed E-state index contributed by atoms with van der Waals surface area (Å²) < 4.78 is 65.2. The zero-order chi connectivity index (χ0) is 24.5. The smallest absolute Gasteiger partial charge is 0.322 e. The number of halogens is 3. The quantitative estimate of drug-likeness (QED) is 0.430. The molecule has 0 saturated heterocycles. The summed E-state index contributed by atoms with van der Waals surface area (Å²) in [4.78, 5) is 13.1. The lowest BCUT2D eigenvalue weighted by atomic mass is 10.2. The van der Waals surface area contributed by atoms with E-state index in [1.54, 1.807) is 47.3 Å². The van der Waals surface area contributed by atoms with E-state index < -0.39 is 33.4 Å². The molecule has 0 unspecified atom stereocenters. The van der Waals surface area contributed by atoms with Crippen LogP contribution < -0.4 is 10.5 Å². The molecule has 3 N–H and O–H groups in total. The Morgan fingerprint density at radius 3 is 2.41 bits per heavy atom. The molecule has 0 radical (unpaired) electrons. The molecule has 4 aromatic rings. The van der Waals surface area contributed by atoms with E-state index in [9.17, 15) is 26.4 Å². The Bertz CT molecular complexity index is 1440. The molecular formula is C22H18F3N5O3S. The largest absolute Gasteiger partial charge is 0.416 e. The highest BCUT2D eigenvalue weighted by molar-refractivity contribution is 7.88. The molecule has 4 rings (SSSR count). The SMILES string of the molecule is NS(=O)(=O)Cc1cccc(NC(=O)c2cnn(-c3cccc(C(F)(F)F)c3)c2-n2cccc2)c1. The molecule has 12 heteroatoms. The number of amides is 1. The van der Waals surface area contributed by atoms with Crippen molar-refractivity contribution in [3.8, 4) is 11.5 Å². The van der Waals surface area contributed by atoms with Gasteiger partial charge in [-0.2, -0.15) is 18.3 Å². The molecule has 0 aliphatic carbocycles. The summed E-state index contributed by atoms with van der Waals surface area (Å²) >= 11 is 0. The van der Waals surface area contributed by atoms with Gasteiger partial charge in [0.05, 0.1) is 23.2 Å². The number of carbonyl (C=O) groups excluding carboxylic acids is 1. The Morgan fingerprint density at radius 1 is 1.03 bits per heavy atom. The van der Waals surface area contributed by atoms with Crippen molar-refractivity contribution in [3.63, 3.8) is 0 Å². The number of nitrogens with two attached hydrogens (primary N) is 1. The number of benzene rings is 2. The van der Waals surface area contributed by atoms with E-state index >= 15 is 0 Å². The fourth-order valence-electron chi connectivity index (χ4n) is 3.40. The van der Waals surface area contributed by atoms with Crippen LogP contribution in [-0.2, 0) is 22.0 Å². The summed E-state index contributed by atoms with van der Waals surface area (Å²) in [5, 5.41) is 11.9. The molecule has 0 spiro atoms. The molecule has 0 aliphatic heterocycles. The van der Waals surface area contributed by atoms with Crippen molar-refractivity contribution in [1.82, 2.24) is 14.3 Å². The van der Waals surface area contributed by atoms with Crippen molar-refractivity contribution in [3.05, 3.63) is 95.9 Å². The van der Waals surface area contributed by atoms with E-state index in [0.29, 0.717) is 11.3 Å². The maximum Gasteiger partial charge on any atom is 0.416 e. The van der Waals surface area contributed by atoms with Gasteiger partial charge < -0.3 is 9.88 Å². The number of anilines is 1. The van der Waals surface area contributed by atoms with Crippen LogP contribution in [0, 0.1) is 0 Å². The Hall–Kier alpha value is -3.90. The third-order valence-electron chi connectivity index (χ3n) is 4.81. The van der Waals surface area contributed by atoms with E-state index in [4.69, 9.17) is 5.14 Å². The molecule has 0 fully saturated rings. The standard InChI is InChI=1S/C22H18F3N5O3S/c23-22(24,25)16-6-4-8-18(12-16)30-21(29-9-1-2-10-29)19(13-27-30)20(31)28-17-7-3-5-15(11-17)14-34(26,32)33/h1-13H,14H2,(H,28,31)(H2,26,32,33). The summed E-state index contributed by atoms with van der Waals surface area (Å²) in [5.74, 6) is -0.768. The maximum absolute atomic E-state index is 13.2. The zero-order valence-electron chi connectivity index (χ0n) is 17.4. The van der Waals surface area contributed by atoms with Crippen LogP contribution in [0.3, 0.4) is 0 Å². The molecule has 176 valence electrons. The van der Waals surface area contributed by atoms with Gasteiger partial charge in [0.25, 0.3) is 5.91 Å². The minimum absolute atomic E-state index is 0.0884. The van der Waals surface area contributed by atoms with Crippen LogP contribution in [0.5, 0.6) is 0 Å². The Labute approximate surface area is 192 Å². The molecule has 8 nitrogen and oxygen atoms in total. The molecule has 2 aromatic carbocycles. The predicted molar refractivity (Wildman–Crippen MR) is 119 cm³/mol. The molecule has 0 saturated carbocycles. The number of aromatic nitrogens is 3. The fraction of sp³-hybridized carbons (Fsp3) is 0.0909. The van der Waals surface area contributed by atoms with Gasteiger partial charge in [0.2, 0.25) is 10.0 Å². The van der Waals surface area contributed by atoms with E-state index in [1.165, 1.54) is 29.1 Å². The minimum Gasteiger partial charge on any atom is -0.322 e. The highest BCUT2D eigenvalue weighted by atomic mass is 32.2. The average Bonchev–Trinajstić information content (AvgIpc) is 3.42. The number of rotatable bonds is 6. The van der Waals surface area contributed by atoms with E-state index in [0.717, 1.165) is 12.1 Å². The summed E-state index contributed by atoms with van der Waals surface area (Å²) in [7, 11) is -3.76. The minimum atomic E-state index is -4.54. The van der Waals surface area contributed by atoms with Gasteiger partial charge in [0.1, 0.15) is 5.56 Å². The van der Waals surface area contributed by atoms with Gasteiger partial charge in [-0.25, -0.2) is 18.2 Å². The lowest BCUT2D eigenvalue weighted by Crippen LogP contribution is -2.16. The molecule has 1 amide bonds. The first-order chi connectivity index (χ1) is 16.0. The van der Waals surface area contributed by atoms with Crippen molar-refractivity contribution >= 4 is 21.6 Å². The van der Waals surface area contributed by atoms with Gasteiger partial charge in [-0.05, 0) is 48.0 Å².